The molecule has 27 heavy (non-hydrogen) atoms. The molecule has 0 bridgehead atoms. The molecule has 0 saturated heterocycles. The number of guanidine groups is 1. The Morgan fingerprint density at radius 2 is 2.04 bits per heavy atom. The summed E-state index contributed by atoms with van der Waals surface area (Å²) in [4.78, 5) is 4.28. The topological polar surface area (TPSA) is 71.7 Å². The van der Waals surface area contributed by atoms with Gasteiger partial charge in [0.2, 0.25) is 0 Å². The van der Waals surface area contributed by atoms with Crippen LogP contribution >= 0.6 is 0 Å². The molecular weight excluding hydrogens is 340 g/mol. The van der Waals surface area contributed by atoms with Crippen LogP contribution in [0.3, 0.4) is 0 Å². The number of benzene rings is 1. The van der Waals surface area contributed by atoms with Crippen LogP contribution < -0.4 is 15.4 Å². The van der Waals surface area contributed by atoms with Crippen molar-refractivity contribution in [3.63, 3.8) is 0 Å². The standard InChI is InChI=1S/C21H30N4O2/c1-14(2)19-10-18(27-25-19)12-24-21(22-4)23-11-17-8-5-15(3)9-20(17)26-13-16-6-7-16/h5,8-10,14,16H,6-7,11-13H2,1-4H3,(H2,22,23,24). The highest BCUT2D eigenvalue weighted by molar-refractivity contribution is 5.79. The molecular formula is C21H30N4O2. The van der Waals surface area contributed by atoms with Gasteiger partial charge in [-0.25, -0.2) is 0 Å². The summed E-state index contributed by atoms with van der Waals surface area (Å²) in [6.07, 6.45) is 2.58. The van der Waals surface area contributed by atoms with Gasteiger partial charge in [0.25, 0.3) is 0 Å². The van der Waals surface area contributed by atoms with E-state index in [9.17, 15) is 0 Å². The molecule has 0 unspecified atom stereocenters. The molecule has 1 fully saturated rings. The summed E-state index contributed by atoms with van der Waals surface area (Å²) in [5.41, 5.74) is 3.30. The van der Waals surface area contributed by atoms with Gasteiger partial charge in [0.1, 0.15) is 5.75 Å². The fraction of sp³-hybridized carbons (Fsp3) is 0.524. The lowest BCUT2D eigenvalue weighted by molar-refractivity contribution is 0.296. The van der Waals surface area contributed by atoms with Gasteiger partial charge in [-0.1, -0.05) is 31.1 Å². The van der Waals surface area contributed by atoms with Crippen molar-refractivity contribution in [2.45, 2.75) is 52.6 Å². The molecule has 1 aliphatic rings. The zero-order valence-corrected chi connectivity index (χ0v) is 16.7. The lowest BCUT2D eigenvalue weighted by Gasteiger charge is -2.15. The Balaban J connectivity index is 1.53. The van der Waals surface area contributed by atoms with E-state index in [-0.39, 0.29) is 0 Å². The summed E-state index contributed by atoms with van der Waals surface area (Å²) in [5, 5.41) is 10.7. The molecule has 2 aromatic rings. The first-order valence-corrected chi connectivity index (χ1v) is 9.67. The number of aliphatic imine (C=N–C) groups is 1. The summed E-state index contributed by atoms with van der Waals surface area (Å²) >= 11 is 0. The van der Waals surface area contributed by atoms with Gasteiger partial charge in [-0.3, -0.25) is 4.99 Å². The first-order valence-electron chi connectivity index (χ1n) is 9.67. The lowest BCUT2D eigenvalue weighted by atomic mass is 10.1. The number of aryl methyl sites for hydroxylation is 1. The predicted octanol–water partition coefficient (Wildman–Crippen LogP) is 3.76. The SMILES string of the molecule is CN=C(NCc1cc(C(C)C)no1)NCc1ccc(C)cc1OCC1CC1. The van der Waals surface area contributed by atoms with Gasteiger partial charge in [0.05, 0.1) is 18.8 Å². The Morgan fingerprint density at radius 1 is 1.26 bits per heavy atom. The van der Waals surface area contributed by atoms with Crippen LogP contribution in [0.15, 0.2) is 33.8 Å². The summed E-state index contributed by atoms with van der Waals surface area (Å²) in [5.74, 6) is 3.56. The van der Waals surface area contributed by atoms with Gasteiger partial charge in [-0.2, -0.15) is 0 Å². The van der Waals surface area contributed by atoms with Crippen LogP contribution in [0, 0.1) is 12.8 Å². The van der Waals surface area contributed by atoms with Crippen molar-refractivity contribution < 1.29 is 9.26 Å². The first kappa shape index (κ1) is 19.3. The van der Waals surface area contributed by atoms with Crippen molar-refractivity contribution in [2.24, 2.45) is 10.9 Å². The molecule has 1 aromatic carbocycles. The Morgan fingerprint density at radius 3 is 2.70 bits per heavy atom. The quantitative estimate of drug-likeness (QED) is 0.547. The van der Waals surface area contributed by atoms with Gasteiger partial charge < -0.3 is 19.9 Å². The molecule has 1 aromatic heterocycles. The molecule has 0 spiro atoms. The van der Waals surface area contributed by atoms with Crippen LogP contribution in [0.2, 0.25) is 0 Å². The van der Waals surface area contributed by atoms with E-state index in [1.54, 1.807) is 7.05 Å². The normalized spacial score (nSPS) is 14.5. The maximum absolute atomic E-state index is 6.04. The van der Waals surface area contributed by atoms with Gasteiger partial charge in [0.15, 0.2) is 11.7 Å². The second-order valence-electron chi connectivity index (χ2n) is 7.52. The van der Waals surface area contributed by atoms with E-state index in [1.807, 2.05) is 6.07 Å². The van der Waals surface area contributed by atoms with Crippen molar-refractivity contribution in [3.8, 4) is 5.75 Å². The molecule has 0 aliphatic heterocycles. The van der Waals surface area contributed by atoms with Gasteiger partial charge in [-0.15, -0.1) is 0 Å². The second kappa shape index (κ2) is 8.93. The van der Waals surface area contributed by atoms with Crippen molar-refractivity contribution in [3.05, 3.63) is 46.8 Å². The van der Waals surface area contributed by atoms with E-state index in [0.717, 1.165) is 35.3 Å². The lowest BCUT2D eigenvalue weighted by Crippen LogP contribution is -2.36. The minimum Gasteiger partial charge on any atom is -0.493 e. The third-order valence-electron chi connectivity index (χ3n) is 4.66. The fourth-order valence-corrected chi connectivity index (χ4v) is 2.69. The molecule has 146 valence electrons. The summed E-state index contributed by atoms with van der Waals surface area (Å²) < 4.78 is 11.4. The van der Waals surface area contributed by atoms with Crippen molar-refractivity contribution in [2.75, 3.05) is 13.7 Å². The maximum Gasteiger partial charge on any atom is 0.191 e. The Hall–Kier alpha value is -2.50. The minimum absolute atomic E-state index is 0.357. The van der Waals surface area contributed by atoms with Crippen LogP contribution in [0.4, 0.5) is 0 Å². The summed E-state index contributed by atoms with van der Waals surface area (Å²) in [6.45, 7) is 8.28. The average molecular weight is 370 g/mol. The van der Waals surface area contributed by atoms with Gasteiger partial charge in [-0.05, 0) is 43.2 Å². The van der Waals surface area contributed by atoms with E-state index in [0.29, 0.717) is 25.0 Å². The molecule has 1 heterocycles. The highest BCUT2D eigenvalue weighted by atomic mass is 16.5. The zero-order chi connectivity index (χ0) is 19.2. The molecule has 6 heteroatoms. The van der Waals surface area contributed by atoms with Crippen LogP contribution in [-0.2, 0) is 13.1 Å². The summed E-state index contributed by atoms with van der Waals surface area (Å²) in [6, 6.07) is 8.31. The number of rotatable bonds is 8. The van der Waals surface area contributed by atoms with E-state index >= 15 is 0 Å². The average Bonchev–Trinajstić information content (AvgIpc) is 3.36. The number of hydrogen-bond acceptors (Lipinski definition) is 4. The Kier molecular flexibility index (Phi) is 6.37. The number of aromatic nitrogens is 1. The molecule has 3 rings (SSSR count). The van der Waals surface area contributed by atoms with Gasteiger partial charge in [0, 0.05) is 25.2 Å². The molecule has 1 aliphatic carbocycles. The molecule has 6 nitrogen and oxygen atoms in total. The smallest absolute Gasteiger partial charge is 0.191 e. The third kappa shape index (κ3) is 5.74. The Bertz CT molecular complexity index is 778. The van der Waals surface area contributed by atoms with E-state index in [1.165, 1.54) is 18.4 Å². The molecule has 0 amide bonds. The zero-order valence-electron chi connectivity index (χ0n) is 16.7. The molecule has 1 saturated carbocycles. The maximum atomic E-state index is 6.04. The number of nitrogens with one attached hydrogen (secondary N) is 2. The second-order valence-corrected chi connectivity index (χ2v) is 7.52. The van der Waals surface area contributed by atoms with Crippen LogP contribution in [0.25, 0.3) is 0 Å². The highest BCUT2D eigenvalue weighted by Gasteiger charge is 2.22. The van der Waals surface area contributed by atoms with Gasteiger partial charge >= 0.3 is 0 Å². The summed E-state index contributed by atoms with van der Waals surface area (Å²) in [7, 11) is 1.76. The third-order valence-corrected chi connectivity index (χ3v) is 4.66. The van der Waals surface area contributed by atoms with E-state index in [2.05, 4.69) is 59.8 Å². The van der Waals surface area contributed by atoms with Crippen molar-refractivity contribution >= 4 is 5.96 Å². The predicted molar refractivity (Wildman–Crippen MR) is 107 cm³/mol. The van der Waals surface area contributed by atoms with Crippen LogP contribution in [0.5, 0.6) is 5.75 Å². The number of hydrogen-bond donors (Lipinski definition) is 2. The highest BCUT2D eigenvalue weighted by Crippen LogP contribution is 2.30. The van der Waals surface area contributed by atoms with E-state index in [4.69, 9.17) is 9.26 Å². The number of ether oxygens (including phenoxy) is 1. The largest absolute Gasteiger partial charge is 0.493 e. The fourth-order valence-electron chi connectivity index (χ4n) is 2.69. The Labute approximate surface area is 161 Å². The van der Waals surface area contributed by atoms with Crippen LogP contribution in [-0.4, -0.2) is 24.8 Å². The van der Waals surface area contributed by atoms with E-state index < -0.39 is 0 Å². The minimum atomic E-state index is 0.357. The van der Waals surface area contributed by atoms with Crippen molar-refractivity contribution in [1.82, 2.24) is 15.8 Å². The van der Waals surface area contributed by atoms with Crippen LogP contribution in [0.1, 0.15) is 55.2 Å². The first-order chi connectivity index (χ1) is 13.0. The molecule has 0 radical (unpaired) electrons. The molecule has 2 N–H and O–H groups in total. The van der Waals surface area contributed by atoms with Crippen molar-refractivity contribution in [1.29, 1.82) is 0 Å². The number of nitrogens with zero attached hydrogens (tertiary/aromatic N) is 2. The monoisotopic (exact) mass is 370 g/mol. The molecule has 0 atom stereocenters.